The predicted molar refractivity (Wildman–Crippen MR) is 40.4 cm³/mol. The van der Waals surface area contributed by atoms with E-state index in [2.05, 4.69) is 24.5 Å². The van der Waals surface area contributed by atoms with Crippen LogP contribution >= 0.6 is 0 Å². The van der Waals surface area contributed by atoms with Gasteiger partial charge < -0.3 is 5.32 Å². The van der Waals surface area contributed by atoms with E-state index in [0.29, 0.717) is 6.17 Å². The minimum Gasteiger partial charge on any atom is -0.301 e. The van der Waals surface area contributed by atoms with E-state index in [4.69, 9.17) is 0 Å². The summed E-state index contributed by atoms with van der Waals surface area (Å²) in [7, 11) is 1.86. The van der Waals surface area contributed by atoms with Crippen molar-refractivity contribution in [3.05, 3.63) is 0 Å². The molecule has 9 heavy (non-hydrogen) atoms. The Morgan fingerprint density at radius 2 is 2.11 bits per heavy atom. The molecule has 0 aromatic heterocycles. The van der Waals surface area contributed by atoms with Crippen LogP contribution in [0.25, 0.3) is 0 Å². The lowest BCUT2D eigenvalue weighted by molar-refractivity contribution is 0.437. The molecule has 0 saturated heterocycles. The SMILES string of the molecule is CCCNC(CC)[N]C. The molecule has 55 valence electrons. The molecule has 0 spiro atoms. The second-order valence-electron chi connectivity index (χ2n) is 2.14. The van der Waals surface area contributed by atoms with E-state index in [9.17, 15) is 0 Å². The van der Waals surface area contributed by atoms with Gasteiger partial charge in [0.1, 0.15) is 0 Å². The standard InChI is InChI=1S/C7H17N2/c1-4-6-9-7(5-2)8-3/h7,9H,4-6H2,1-3H3. The van der Waals surface area contributed by atoms with Gasteiger partial charge >= 0.3 is 0 Å². The van der Waals surface area contributed by atoms with Crippen LogP contribution in [0.3, 0.4) is 0 Å². The number of rotatable bonds is 5. The summed E-state index contributed by atoms with van der Waals surface area (Å²) >= 11 is 0. The van der Waals surface area contributed by atoms with Crippen LogP contribution < -0.4 is 10.6 Å². The molecule has 0 heterocycles. The molecule has 1 radical (unpaired) electrons. The van der Waals surface area contributed by atoms with E-state index >= 15 is 0 Å². The Bertz CT molecular complexity index is 50.9. The van der Waals surface area contributed by atoms with Gasteiger partial charge in [0.05, 0.1) is 6.17 Å². The van der Waals surface area contributed by atoms with Gasteiger partial charge in [0.2, 0.25) is 0 Å². The van der Waals surface area contributed by atoms with Crippen LogP contribution in [0.1, 0.15) is 26.7 Å². The van der Waals surface area contributed by atoms with Crippen molar-refractivity contribution in [3.63, 3.8) is 0 Å². The average molecular weight is 129 g/mol. The monoisotopic (exact) mass is 129 g/mol. The molecule has 0 fully saturated rings. The lowest BCUT2D eigenvalue weighted by atomic mass is 10.3. The fourth-order valence-electron chi connectivity index (χ4n) is 0.729. The van der Waals surface area contributed by atoms with Crippen LogP contribution in [0.5, 0.6) is 0 Å². The minimum atomic E-state index is 0.380. The third kappa shape index (κ3) is 4.43. The van der Waals surface area contributed by atoms with Crippen LogP contribution in [0, 0.1) is 0 Å². The number of hydrogen-bond donors (Lipinski definition) is 1. The summed E-state index contributed by atoms with van der Waals surface area (Å²) in [5.74, 6) is 0. The zero-order chi connectivity index (χ0) is 7.11. The molecule has 0 aromatic carbocycles. The molecule has 0 aliphatic rings. The maximum absolute atomic E-state index is 4.13. The quantitative estimate of drug-likeness (QED) is 0.588. The highest BCUT2D eigenvalue weighted by atomic mass is 15.1. The Kier molecular flexibility index (Phi) is 5.99. The van der Waals surface area contributed by atoms with Gasteiger partial charge in [-0.25, -0.2) is 5.32 Å². The molecular formula is C7H17N2. The Hall–Kier alpha value is -0.0800. The Labute approximate surface area is 58.0 Å². The summed E-state index contributed by atoms with van der Waals surface area (Å²) in [6.07, 6.45) is 2.66. The fraction of sp³-hybridized carbons (Fsp3) is 1.00. The molecule has 1 atom stereocenters. The summed E-state index contributed by atoms with van der Waals surface area (Å²) in [6, 6.07) is 0. The van der Waals surface area contributed by atoms with Gasteiger partial charge in [0.15, 0.2) is 0 Å². The van der Waals surface area contributed by atoms with Crippen molar-refractivity contribution < 1.29 is 0 Å². The molecule has 0 rings (SSSR count). The van der Waals surface area contributed by atoms with E-state index in [1.54, 1.807) is 0 Å². The molecule has 2 heteroatoms. The first-order chi connectivity index (χ1) is 4.35. The van der Waals surface area contributed by atoms with Gasteiger partial charge in [-0.3, -0.25) is 0 Å². The van der Waals surface area contributed by atoms with Crippen molar-refractivity contribution in [1.82, 2.24) is 10.6 Å². The molecule has 0 aliphatic carbocycles. The van der Waals surface area contributed by atoms with Crippen LogP contribution in [-0.2, 0) is 0 Å². The Morgan fingerprint density at radius 3 is 2.44 bits per heavy atom. The molecule has 0 aromatic rings. The van der Waals surface area contributed by atoms with Gasteiger partial charge in [0, 0.05) is 7.05 Å². The van der Waals surface area contributed by atoms with Crippen molar-refractivity contribution in [2.24, 2.45) is 0 Å². The summed E-state index contributed by atoms with van der Waals surface area (Å²) in [6.45, 7) is 5.38. The summed E-state index contributed by atoms with van der Waals surface area (Å²) in [4.78, 5) is 0. The third-order valence-corrected chi connectivity index (χ3v) is 1.33. The zero-order valence-electron chi connectivity index (χ0n) is 6.65. The first-order valence-corrected chi connectivity index (χ1v) is 3.67. The first-order valence-electron chi connectivity index (χ1n) is 3.67. The molecule has 1 N–H and O–H groups in total. The fourth-order valence-corrected chi connectivity index (χ4v) is 0.729. The van der Waals surface area contributed by atoms with E-state index in [1.807, 2.05) is 7.05 Å². The molecular weight excluding hydrogens is 112 g/mol. The largest absolute Gasteiger partial charge is 0.301 e. The van der Waals surface area contributed by atoms with Crippen molar-refractivity contribution >= 4 is 0 Å². The van der Waals surface area contributed by atoms with Crippen molar-refractivity contribution in [2.45, 2.75) is 32.9 Å². The van der Waals surface area contributed by atoms with Crippen LogP contribution in [-0.4, -0.2) is 19.8 Å². The van der Waals surface area contributed by atoms with E-state index in [1.165, 1.54) is 6.42 Å². The molecule has 0 saturated carbocycles. The predicted octanol–water partition coefficient (Wildman–Crippen LogP) is 0.956. The normalized spacial score (nSPS) is 13.7. The third-order valence-electron chi connectivity index (χ3n) is 1.33. The van der Waals surface area contributed by atoms with Crippen molar-refractivity contribution in [3.8, 4) is 0 Å². The number of hydrogen-bond acceptors (Lipinski definition) is 1. The zero-order valence-corrected chi connectivity index (χ0v) is 6.65. The second kappa shape index (κ2) is 6.05. The Morgan fingerprint density at radius 1 is 1.44 bits per heavy atom. The summed E-state index contributed by atoms with van der Waals surface area (Å²) in [5, 5.41) is 7.44. The van der Waals surface area contributed by atoms with Gasteiger partial charge in [-0.2, -0.15) is 0 Å². The van der Waals surface area contributed by atoms with Crippen LogP contribution in [0.2, 0.25) is 0 Å². The average Bonchev–Trinajstić information content (AvgIpc) is 1.91. The second-order valence-corrected chi connectivity index (χ2v) is 2.14. The topological polar surface area (TPSA) is 26.1 Å². The molecule has 0 amide bonds. The van der Waals surface area contributed by atoms with Crippen molar-refractivity contribution in [1.29, 1.82) is 0 Å². The summed E-state index contributed by atoms with van der Waals surface area (Å²) < 4.78 is 0. The van der Waals surface area contributed by atoms with Crippen LogP contribution in [0.4, 0.5) is 0 Å². The lowest BCUT2D eigenvalue weighted by Crippen LogP contribution is -2.35. The maximum Gasteiger partial charge on any atom is 0.0729 e. The molecule has 2 nitrogen and oxygen atoms in total. The number of nitrogens with one attached hydrogen (secondary N) is 1. The van der Waals surface area contributed by atoms with Crippen molar-refractivity contribution in [2.75, 3.05) is 13.6 Å². The molecule has 0 aliphatic heterocycles. The molecule has 1 unspecified atom stereocenters. The lowest BCUT2D eigenvalue weighted by Gasteiger charge is -2.12. The van der Waals surface area contributed by atoms with E-state index in [-0.39, 0.29) is 0 Å². The van der Waals surface area contributed by atoms with E-state index < -0.39 is 0 Å². The van der Waals surface area contributed by atoms with Gasteiger partial charge in [-0.1, -0.05) is 13.8 Å². The van der Waals surface area contributed by atoms with Gasteiger partial charge in [0.25, 0.3) is 0 Å². The summed E-state index contributed by atoms with van der Waals surface area (Å²) in [5.41, 5.74) is 0. The smallest absolute Gasteiger partial charge is 0.0729 e. The first kappa shape index (κ1) is 8.92. The molecule has 0 bridgehead atoms. The Balaban J connectivity index is 3.09. The van der Waals surface area contributed by atoms with Crippen LogP contribution in [0.15, 0.2) is 0 Å². The van der Waals surface area contributed by atoms with Gasteiger partial charge in [-0.15, -0.1) is 0 Å². The highest BCUT2D eigenvalue weighted by Crippen LogP contribution is 1.85. The van der Waals surface area contributed by atoms with Gasteiger partial charge in [-0.05, 0) is 19.4 Å². The maximum atomic E-state index is 4.13. The highest BCUT2D eigenvalue weighted by Gasteiger charge is 1.98. The van der Waals surface area contributed by atoms with E-state index in [0.717, 1.165) is 13.0 Å². The highest BCUT2D eigenvalue weighted by molar-refractivity contribution is 4.56. The minimum absolute atomic E-state index is 0.380. The number of nitrogens with zero attached hydrogens (tertiary/aromatic N) is 1.